The first-order valence-electron chi connectivity index (χ1n) is 10.4. The molecular weight excluding hydrogens is 401 g/mol. The third-order valence-electron chi connectivity index (χ3n) is 5.56. The van der Waals surface area contributed by atoms with Gasteiger partial charge in [-0.3, -0.25) is 24.2 Å². The van der Waals surface area contributed by atoms with E-state index < -0.39 is 17.6 Å². The fourth-order valence-corrected chi connectivity index (χ4v) is 3.80. The highest BCUT2D eigenvalue weighted by Crippen LogP contribution is 2.26. The van der Waals surface area contributed by atoms with Gasteiger partial charge in [0.15, 0.2) is 0 Å². The van der Waals surface area contributed by atoms with Crippen molar-refractivity contribution in [1.82, 2.24) is 15.1 Å². The molecule has 0 aliphatic carbocycles. The Morgan fingerprint density at radius 1 is 1.03 bits per heavy atom. The number of carbonyl (C=O) groups excluding carboxylic acids is 3. The first-order valence-corrected chi connectivity index (χ1v) is 10.4. The fraction of sp³-hybridized carbons (Fsp3) is 0.348. The number of nitrogens with zero attached hydrogens (tertiary/aromatic N) is 2. The molecule has 2 aromatic rings. The van der Waals surface area contributed by atoms with Crippen molar-refractivity contribution in [3.05, 3.63) is 70.5 Å². The van der Waals surface area contributed by atoms with Gasteiger partial charge in [-0.05, 0) is 37.2 Å². The van der Waals surface area contributed by atoms with Crippen molar-refractivity contribution >= 4 is 17.7 Å². The number of carbonyl (C=O) groups is 3. The van der Waals surface area contributed by atoms with E-state index in [-0.39, 0.29) is 29.1 Å². The van der Waals surface area contributed by atoms with Crippen molar-refractivity contribution in [2.24, 2.45) is 0 Å². The number of hydrogen-bond donors (Lipinski definition) is 1. The summed E-state index contributed by atoms with van der Waals surface area (Å²) in [4.78, 5) is 41.2. The molecule has 31 heavy (non-hydrogen) atoms. The van der Waals surface area contributed by atoms with Crippen LogP contribution < -0.4 is 5.32 Å². The predicted octanol–water partition coefficient (Wildman–Crippen LogP) is 2.07. The van der Waals surface area contributed by atoms with Crippen molar-refractivity contribution in [3.8, 4) is 0 Å². The SMILES string of the molecule is O=C(NCCCN1CCOCC1)c1ccc2c(c1)C(=O)N(Cc1ccccc1F)C2=O. The van der Waals surface area contributed by atoms with E-state index >= 15 is 0 Å². The molecule has 7 nitrogen and oxygen atoms in total. The minimum Gasteiger partial charge on any atom is -0.379 e. The van der Waals surface area contributed by atoms with Crippen molar-refractivity contribution in [1.29, 1.82) is 0 Å². The molecule has 1 saturated heterocycles. The average molecular weight is 425 g/mol. The zero-order chi connectivity index (χ0) is 21.8. The molecule has 1 N–H and O–H groups in total. The monoisotopic (exact) mass is 425 g/mol. The van der Waals surface area contributed by atoms with Crippen LogP contribution >= 0.6 is 0 Å². The summed E-state index contributed by atoms with van der Waals surface area (Å²) < 4.78 is 19.3. The molecule has 2 aliphatic heterocycles. The van der Waals surface area contributed by atoms with E-state index in [0.717, 1.165) is 44.2 Å². The van der Waals surface area contributed by atoms with Crippen LogP contribution in [-0.2, 0) is 11.3 Å². The standard InChI is InChI=1S/C23H24FN3O4/c24-20-5-2-1-4-17(20)15-27-22(29)18-7-6-16(14-19(18)23(27)30)21(28)25-8-3-9-26-10-12-31-13-11-26/h1-2,4-7,14H,3,8-13,15H2,(H,25,28). The quantitative estimate of drug-likeness (QED) is 0.543. The van der Waals surface area contributed by atoms with Gasteiger partial charge in [-0.2, -0.15) is 0 Å². The number of morpholine rings is 1. The van der Waals surface area contributed by atoms with E-state index in [4.69, 9.17) is 4.74 Å². The summed E-state index contributed by atoms with van der Waals surface area (Å²) in [6.45, 7) is 4.52. The van der Waals surface area contributed by atoms with Crippen LogP contribution in [0.5, 0.6) is 0 Å². The number of imide groups is 1. The maximum Gasteiger partial charge on any atom is 0.261 e. The highest BCUT2D eigenvalue weighted by molar-refractivity contribution is 6.22. The number of hydrogen-bond acceptors (Lipinski definition) is 5. The summed E-state index contributed by atoms with van der Waals surface area (Å²) in [6, 6.07) is 10.5. The van der Waals surface area contributed by atoms with Crippen LogP contribution in [0.1, 0.15) is 43.1 Å². The zero-order valence-electron chi connectivity index (χ0n) is 17.1. The van der Waals surface area contributed by atoms with Gasteiger partial charge in [0.05, 0.1) is 30.9 Å². The summed E-state index contributed by atoms with van der Waals surface area (Å²) in [7, 11) is 0. The van der Waals surface area contributed by atoms with Crippen molar-refractivity contribution < 1.29 is 23.5 Å². The average Bonchev–Trinajstić information content (AvgIpc) is 3.03. The molecule has 0 aromatic heterocycles. The first kappa shape index (κ1) is 21.1. The van der Waals surface area contributed by atoms with Gasteiger partial charge in [-0.1, -0.05) is 18.2 Å². The normalized spacial score (nSPS) is 16.5. The Morgan fingerprint density at radius 3 is 2.55 bits per heavy atom. The van der Waals surface area contributed by atoms with Crippen LogP contribution in [-0.4, -0.2) is 66.9 Å². The Bertz CT molecular complexity index is 1000. The van der Waals surface area contributed by atoms with Gasteiger partial charge in [0, 0.05) is 30.8 Å². The second-order valence-corrected chi connectivity index (χ2v) is 7.61. The molecule has 2 aromatic carbocycles. The minimum atomic E-state index is -0.523. The third-order valence-corrected chi connectivity index (χ3v) is 5.56. The van der Waals surface area contributed by atoms with E-state index in [9.17, 15) is 18.8 Å². The Kier molecular flexibility index (Phi) is 6.39. The van der Waals surface area contributed by atoms with E-state index in [0.29, 0.717) is 12.1 Å². The molecule has 0 unspecified atom stereocenters. The van der Waals surface area contributed by atoms with Crippen LogP contribution in [0, 0.1) is 5.82 Å². The molecule has 2 aliphatic rings. The van der Waals surface area contributed by atoms with Gasteiger partial charge in [-0.25, -0.2) is 4.39 Å². The molecule has 0 spiro atoms. The van der Waals surface area contributed by atoms with Gasteiger partial charge in [0.2, 0.25) is 0 Å². The number of rotatable bonds is 7. The predicted molar refractivity (Wildman–Crippen MR) is 111 cm³/mol. The lowest BCUT2D eigenvalue weighted by molar-refractivity contribution is 0.0374. The van der Waals surface area contributed by atoms with Gasteiger partial charge in [0.1, 0.15) is 5.82 Å². The van der Waals surface area contributed by atoms with Gasteiger partial charge in [-0.15, -0.1) is 0 Å². The number of amides is 3. The van der Waals surface area contributed by atoms with Crippen LogP contribution in [0.4, 0.5) is 4.39 Å². The summed E-state index contributed by atoms with van der Waals surface area (Å²) in [5.74, 6) is -1.78. The smallest absolute Gasteiger partial charge is 0.261 e. The number of benzene rings is 2. The molecule has 0 bridgehead atoms. The van der Waals surface area contributed by atoms with Crippen molar-refractivity contribution in [2.45, 2.75) is 13.0 Å². The highest BCUT2D eigenvalue weighted by atomic mass is 19.1. The Balaban J connectivity index is 1.37. The first-order chi connectivity index (χ1) is 15.0. The van der Waals surface area contributed by atoms with E-state index in [2.05, 4.69) is 10.2 Å². The topological polar surface area (TPSA) is 79.0 Å². The number of halogens is 1. The lowest BCUT2D eigenvalue weighted by atomic mass is 10.1. The number of ether oxygens (including phenoxy) is 1. The van der Waals surface area contributed by atoms with E-state index in [1.54, 1.807) is 12.1 Å². The maximum atomic E-state index is 14.0. The van der Waals surface area contributed by atoms with E-state index in [1.165, 1.54) is 30.3 Å². The van der Waals surface area contributed by atoms with Gasteiger partial charge in [0.25, 0.3) is 17.7 Å². The Morgan fingerprint density at radius 2 is 1.77 bits per heavy atom. The summed E-state index contributed by atoms with van der Waals surface area (Å²) >= 11 is 0. The Hall–Kier alpha value is -3.10. The molecule has 0 atom stereocenters. The summed E-state index contributed by atoms with van der Waals surface area (Å²) in [5, 5.41) is 2.86. The van der Waals surface area contributed by atoms with E-state index in [1.807, 2.05) is 0 Å². The van der Waals surface area contributed by atoms with Crippen LogP contribution in [0.15, 0.2) is 42.5 Å². The van der Waals surface area contributed by atoms with Crippen LogP contribution in [0.3, 0.4) is 0 Å². The summed E-state index contributed by atoms with van der Waals surface area (Å²) in [6.07, 6.45) is 0.810. The molecular formula is C23H24FN3O4. The summed E-state index contributed by atoms with van der Waals surface area (Å²) in [5.41, 5.74) is 0.974. The third kappa shape index (κ3) is 4.65. The molecule has 0 radical (unpaired) electrons. The number of nitrogens with one attached hydrogen (secondary N) is 1. The molecule has 3 amide bonds. The Labute approximate surface area is 179 Å². The van der Waals surface area contributed by atoms with Crippen LogP contribution in [0.2, 0.25) is 0 Å². The minimum absolute atomic E-state index is 0.151. The maximum absolute atomic E-state index is 14.0. The second-order valence-electron chi connectivity index (χ2n) is 7.61. The molecule has 8 heteroatoms. The molecule has 162 valence electrons. The fourth-order valence-electron chi connectivity index (χ4n) is 3.80. The van der Waals surface area contributed by atoms with Crippen molar-refractivity contribution in [3.63, 3.8) is 0 Å². The number of fused-ring (bicyclic) bond motifs is 1. The van der Waals surface area contributed by atoms with Crippen molar-refractivity contribution in [2.75, 3.05) is 39.4 Å². The largest absolute Gasteiger partial charge is 0.379 e. The molecule has 4 rings (SSSR count). The molecule has 0 saturated carbocycles. The highest BCUT2D eigenvalue weighted by Gasteiger charge is 2.36. The lowest BCUT2D eigenvalue weighted by Gasteiger charge is -2.26. The molecule has 1 fully saturated rings. The zero-order valence-corrected chi connectivity index (χ0v) is 17.1. The van der Waals surface area contributed by atoms with Gasteiger partial charge >= 0.3 is 0 Å². The van der Waals surface area contributed by atoms with Gasteiger partial charge < -0.3 is 10.1 Å². The van der Waals surface area contributed by atoms with Crippen LogP contribution in [0.25, 0.3) is 0 Å². The second kappa shape index (κ2) is 9.36. The lowest BCUT2D eigenvalue weighted by Crippen LogP contribution is -2.38. The molecule has 2 heterocycles.